The van der Waals surface area contributed by atoms with Crippen LogP contribution in [0.2, 0.25) is 5.02 Å². The van der Waals surface area contributed by atoms with E-state index >= 15 is 0 Å². The SMILES string of the molecule is COc1cc(C#N)cc(Cl)c1OC(C)C(C)C. The average molecular weight is 254 g/mol. The lowest BCUT2D eigenvalue weighted by Gasteiger charge is -2.20. The molecule has 0 amide bonds. The number of rotatable bonds is 4. The molecule has 1 atom stereocenters. The van der Waals surface area contributed by atoms with Gasteiger partial charge in [-0.05, 0) is 18.9 Å². The van der Waals surface area contributed by atoms with Crippen molar-refractivity contribution in [3.63, 3.8) is 0 Å². The lowest BCUT2D eigenvalue weighted by atomic mass is 10.1. The Balaban J connectivity index is 3.11. The number of ether oxygens (including phenoxy) is 2. The third kappa shape index (κ3) is 3.28. The molecule has 0 aliphatic carbocycles. The Morgan fingerprint density at radius 2 is 1.94 bits per heavy atom. The number of benzene rings is 1. The van der Waals surface area contributed by atoms with Gasteiger partial charge < -0.3 is 9.47 Å². The quantitative estimate of drug-likeness (QED) is 0.823. The van der Waals surface area contributed by atoms with Crippen molar-refractivity contribution >= 4 is 11.6 Å². The van der Waals surface area contributed by atoms with Crippen molar-refractivity contribution in [2.45, 2.75) is 26.9 Å². The van der Waals surface area contributed by atoms with Crippen molar-refractivity contribution in [3.8, 4) is 17.6 Å². The molecule has 4 heteroatoms. The summed E-state index contributed by atoms with van der Waals surface area (Å²) in [5.74, 6) is 1.35. The first-order chi connectivity index (χ1) is 7.99. The van der Waals surface area contributed by atoms with Crippen LogP contribution in [0.25, 0.3) is 0 Å². The van der Waals surface area contributed by atoms with Crippen LogP contribution in [0.3, 0.4) is 0 Å². The van der Waals surface area contributed by atoms with Gasteiger partial charge >= 0.3 is 0 Å². The van der Waals surface area contributed by atoms with Crippen molar-refractivity contribution in [3.05, 3.63) is 22.7 Å². The minimum Gasteiger partial charge on any atom is -0.493 e. The molecule has 0 saturated carbocycles. The van der Waals surface area contributed by atoms with Gasteiger partial charge in [-0.1, -0.05) is 25.4 Å². The second kappa shape index (κ2) is 5.79. The van der Waals surface area contributed by atoms with Gasteiger partial charge in [0, 0.05) is 6.07 Å². The molecule has 0 spiro atoms. The number of halogens is 1. The smallest absolute Gasteiger partial charge is 0.180 e. The maximum absolute atomic E-state index is 8.84. The summed E-state index contributed by atoms with van der Waals surface area (Å²) in [4.78, 5) is 0. The molecule has 3 nitrogen and oxygen atoms in total. The molecule has 1 unspecified atom stereocenters. The van der Waals surface area contributed by atoms with Crippen LogP contribution in [-0.2, 0) is 0 Å². The van der Waals surface area contributed by atoms with E-state index in [0.717, 1.165) is 0 Å². The van der Waals surface area contributed by atoms with Crippen LogP contribution in [0.5, 0.6) is 11.5 Å². The third-order valence-electron chi connectivity index (χ3n) is 2.60. The summed E-state index contributed by atoms with van der Waals surface area (Å²) in [5.41, 5.74) is 0.455. The number of hydrogen-bond donors (Lipinski definition) is 0. The number of nitriles is 1. The van der Waals surface area contributed by atoms with Crippen molar-refractivity contribution in [2.75, 3.05) is 7.11 Å². The molecule has 0 saturated heterocycles. The second-order valence-electron chi connectivity index (χ2n) is 4.17. The first kappa shape index (κ1) is 13.7. The standard InChI is InChI=1S/C13H16ClNO2/c1-8(2)9(3)17-13-11(14)5-10(7-15)6-12(13)16-4/h5-6,8-9H,1-4H3. The second-order valence-corrected chi connectivity index (χ2v) is 4.58. The summed E-state index contributed by atoms with van der Waals surface area (Å²) in [6.45, 7) is 6.10. The fourth-order valence-corrected chi connectivity index (χ4v) is 1.48. The zero-order valence-electron chi connectivity index (χ0n) is 10.5. The normalized spacial score (nSPS) is 12.1. The van der Waals surface area contributed by atoms with Gasteiger partial charge in [0.2, 0.25) is 0 Å². The lowest BCUT2D eigenvalue weighted by molar-refractivity contribution is 0.164. The largest absolute Gasteiger partial charge is 0.493 e. The molecule has 0 heterocycles. The van der Waals surface area contributed by atoms with Gasteiger partial charge in [-0.2, -0.15) is 5.26 Å². The highest BCUT2D eigenvalue weighted by molar-refractivity contribution is 6.32. The molecule has 0 aromatic heterocycles. The van der Waals surface area contributed by atoms with Crippen molar-refractivity contribution < 1.29 is 9.47 Å². The molecule has 1 aromatic carbocycles. The maximum atomic E-state index is 8.84. The van der Waals surface area contributed by atoms with E-state index in [0.29, 0.717) is 28.0 Å². The predicted molar refractivity (Wildman–Crippen MR) is 67.6 cm³/mol. The minimum atomic E-state index is 0.0225. The molecule has 0 bridgehead atoms. The summed E-state index contributed by atoms with van der Waals surface area (Å²) < 4.78 is 11.0. The molecule has 0 aliphatic rings. The number of nitrogens with zero attached hydrogens (tertiary/aromatic N) is 1. The molecule has 17 heavy (non-hydrogen) atoms. The van der Waals surface area contributed by atoms with E-state index in [4.69, 9.17) is 26.3 Å². The van der Waals surface area contributed by atoms with Crippen LogP contribution in [0.1, 0.15) is 26.3 Å². The van der Waals surface area contributed by atoms with E-state index in [1.54, 1.807) is 12.1 Å². The van der Waals surface area contributed by atoms with Crippen LogP contribution < -0.4 is 9.47 Å². The Kier molecular flexibility index (Phi) is 4.65. The molecular formula is C13H16ClNO2. The number of methoxy groups -OCH3 is 1. The maximum Gasteiger partial charge on any atom is 0.180 e. The number of hydrogen-bond acceptors (Lipinski definition) is 3. The van der Waals surface area contributed by atoms with Gasteiger partial charge in [-0.3, -0.25) is 0 Å². The Hall–Kier alpha value is -1.40. The van der Waals surface area contributed by atoms with E-state index < -0.39 is 0 Å². The van der Waals surface area contributed by atoms with Crippen LogP contribution >= 0.6 is 11.6 Å². The van der Waals surface area contributed by atoms with Crippen LogP contribution in [-0.4, -0.2) is 13.2 Å². The van der Waals surface area contributed by atoms with Crippen molar-refractivity contribution in [1.29, 1.82) is 5.26 Å². The summed E-state index contributed by atoms with van der Waals surface area (Å²) in [6.07, 6.45) is 0.0225. The Bertz CT molecular complexity index is 438. The topological polar surface area (TPSA) is 42.2 Å². The zero-order valence-corrected chi connectivity index (χ0v) is 11.2. The lowest BCUT2D eigenvalue weighted by Crippen LogP contribution is -2.19. The Morgan fingerprint density at radius 1 is 1.29 bits per heavy atom. The zero-order chi connectivity index (χ0) is 13.0. The van der Waals surface area contributed by atoms with Gasteiger partial charge in [-0.25, -0.2) is 0 Å². The Labute approximate surface area is 107 Å². The van der Waals surface area contributed by atoms with Crippen LogP contribution in [0, 0.1) is 17.2 Å². The monoisotopic (exact) mass is 253 g/mol. The summed E-state index contributed by atoms with van der Waals surface area (Å²) in [5, 5.41) is 9.23. The molecular weight excluding hydrogens is 238 g/mol. The first-order valence-electron chi connectivity index (χ1n) is 5.43. The summed E-state index contributed by atoms with van der Waals surface area (Å²) >= 11 is 6.08. The molecule has 1 aromatic rings. The molecule has 0 fully saturated rings. The van der Waals surface area contributed by atoms with Gasteiger partial charge in [0.25, 0.3) is 0 Å². The van der Waals surface area contributed by atoms with E-state index in [1.165, 1.54) is 7.11 Å². The third-order valence-corrected chi connectivity index (χ3v) is 2.88. The molecule has 92 valence electrons. The molecule has 1 rings (SSSR count). The average Bonchev–Trinajstić information content (AvgIpc) is 2.30. The Morgan fingerprint density at radius 3 is 2.41 bits per heavy atom. The van der Waals surface area contributed by atoms with Crippen LogP contribution in [0.15, 0.2) is 12.1 Å². The fourth-order valence-electron chi connectivity index (χ4n) is 1.22. The van der Waals surface area contributed by atoms with E-state index in [2.05, 4.69) is 13.8 Å². The van der Waals surface area contributed by atoms with Crippen molar-refractivity contribution in [2.24, 2.45) is 5.92 Å². The summed E-state index contributed by atoms with van der Waals surface area (Å²) in [7, 11) is 1.53. The first-order valence-corrected chi connectivity index (χ1v) is 5.81. The van der Waals surface area contributed by atoms with Gasteiger partial charge in [0.15, 0.2) is 11.5 Å². The van der Waals surface area contributed by atoms with Crippen molar-refractivity contribution in [1.82, 2.24) is 0 Å². The van der Waals surface area contributed by atoms with Gasteiger partial charge in [0.05, 0.1) is 29.9 Å². The van der Waals surface area contributed by atoms with E-state index in [1.807, 2.05) is 13.0 Å². The predicted octanol–water partition coefficient (Wildman–Crippen LogP) is 3.64. The highest BCUT2D eigenvalue weighted by atomic mass is 35.5. The van der Waals surface area contributed by atoms with E-state index in [-0.39, 0.29) is 6.10 Å². The van der Waals surface area contributed by atoms with Gasteiger partial charge in [0.1, 0.15) is 0 Å². The summed E-state index contributed by atoms with van der Waals surface area (Å²) in [6, 6.07) is 5.22. The highest BCUT2D eigenvalue weighted by Gasteiger charge is 2.16. The highest BCUT2D eigenvalue weighted by Crippen LogP contribution is 2.37. The fraction of sp³-hybridized carbons (Fsp3) is 0.462. The minimum absolute atomic E-state index is 0.0225. The van der Waals surface area contributed by atoms with Gasteiger partial charge in [-0.15, -0.1) is 0 Å². The molecule has 0 aliphatic heterocycles. The molecule has 0 N–H and O–H groups in total. The van der Waals surface area contributed by atoms with E-state index in [9.17, 15) is 0 Å². The molecule has 0 radical (unpaired) electrons. The van der Waals surface area contributed by atoms with Crippen LogP contribution in [0.4, 0.5) is 0 Å².